The average molecular weight is 1260 g/mol. The molecular weight excluding hydrogens is 1180 g/mol. The lowest BCUT2D eigenvalue weighted by Gasteiger charge is -2.41. The molecule has 4 heteroatoms. The van der Waals surface area contributed by atoms with Crippen LogP contribution in [0.3, 0.4) is 0 Å². The second-order valence-electron chi connectivity index (χ2n) is 24.7. The van der Waals surface area contributed by atoms with Crippen LogP contribution >= 0.6 is 63.7 Å². The lowest BCUT2D eigenvalue weighted by Crippen LogP contribution is -2.26. The van der Waals surface area contributed by atoms with E-state index in [4.69, 9.17) is 63.7 Å². The Morgan fingerprint density at radius 1 is 0.276 bits per heavy atom. The van der Waals surface area contributed by atoms with Gasteiger partial charge in [-0.05, 0) is 230 Å². The summed E-state index contributed by atoms with van der Waals surface area (Å²) < 4.78 is 0. The molecule has 6 aliphatic carbocycles. The highest BCUT2D eigenvalue weighted by Gasteiger charge is 2.52. The first-order chi connectivity index (χ1) is 37.3. The van der Waals surface area contributed by atoms with Crippen molar-refractivity contribution in [2.24, 2.45) is 0 Å². The first-order valence-corrected chi connectivity index (χ1v) is 34.0. The second-order valence-corrected chi connectivity index (χ2v) is 28.7. The van der Waals surface area contributed by atoms with Gasteiger partial charge in [-0.25, -0.2) is 0 Å². The maximum atomic E-state index is 4.75. The van der Waals surface area contributed by atoms with Crippen LogP contribution in [0.1, 0.15) is 240 Å². The molecule has 8 atom stereocenters. The molecule has 0 heterocycles. The fourth-order valence-corrected chi connectivity index (χ4v) is 22.1. The van der Waals surface area contributed by atoms with Crippen LogP contribution in [0.25, 0.3) is 87.6 Å². The number of fused-ring (bicyclic) bond motifs is 16. The average Bonchev–Trinajstić information content (AvgIpc) is 4.26. The standard InChI is InChI=1S/C72H72Br4/c1-5-9-13-17-21-37-49-33-53-41-25-30-47-60-48-32-27-42(57(41)60)54(53)34-50(49)38(22-18-14-10-6-2)62-61(37)69(73)65-45-29-26-43-55-35-51-39(23-19-15-11-7-3)63-64(72(76)68(48)67(47)71(63)75)40(24-20-16-12-8-4)52(51)36-56(55)44-28-31-46(59(45)58(43)44)66(65)70(62)74/h25-36,65-72H,5-24H2,1-4H3. The first-order valence-electron chi connectivity index (χ1n) is 30.4. The van der Waals surface area contributed by atoms with Crippen LogP contribution in [0.4, 0.5) is 0 Å². The fourth-order valence-electron chi connectivity index (χ4n) is 17.5. The van der Waals surface area contributed by atoms with Crippen LogP contribution in [0.2, 0.25) is 0 Å². The van der Waals surface area contributed by atoms with Gasteiger partial charge in [-0.15, -0.1) is 0 Å². The smallest absolute Gasteiger partial charge is 0.0476 e. The summed E-state index contributed by atoms with van der Waals surface area (Å²) in [7, 11) is 0. The highest BCUT2D eigenvalue weighted by atomic mass is 79.9. The van der Waals surface area contributed by atoms with Gasteiger partial charge in [0.15, 0.2) is 0 Å². The molecule has 8 aromatic carbocycles. The molecule has 8 aromatic rings. The van der Waals surface area contributed by atoms with E-state index >= 15 is 0 Å². The first kappa shape index (κ1) is 49.7. The van der Waals surface area contributed by atoms with E-state index in [-0.39, 0.29) is 19.3 Å². The number of alkyl halides is 4. The monoisotopic (exact) mass is 1250 g/mol. The van der Waals surface area contributed by atoms with Gasteiger partial charge in [0.2, 0.25) is 0 Å². The molecule has 0 fully saturated rings. The molecule has 388 valence electrons. The van der Waals surface area contributed by atoms with E-state index in [9.17, 15) is 0 Å². The third-order valence-corrected chi connectivity index (χ3v) is 24.9. The Morgan fingerprint density at radius 2 is 0.513 bits per heavy atom. The third-order valence-electron chi connectivity index (χ3n) is 20.8. The molecule has 76 heavy (non-hydrogen) atoms. The van der Waals surface area contributed by atoms with Crippen LogP contribution in [0.15, 0.2) is 72.8 Å². The molecule has 14 rings (SSSR count). The largest absolute Gasteiger partial charge is 0.0832 e. The Bertz CT molecular complexity index is 3300. The summed E-state index contributed by atoms with van der Waals surface area (Å²) in [5.74, 6) is 1.34. The SMILES string of the molecule is CCCCCCc1c2c3c(CCCCCC)c4cc5c(cc14)-c1ccc4c6c(ccc-5c16)C1C(Br)c5c(c(CCCCCC)c6cc7c(cc6c5CCCCCC)-c5ccc6c8c(ccc-7c58)C(C2Br)C6C3Br)C(Br)C41. The Hall–Kier alpha value is -3.28. The molecule has 0 saturated heterocycles. The minimum Gasteiger partial charge on any atom is -0.0832 e. The second kappa shape index (κ2) is 19.2. The van der Waals surface area contributed by atoms with Gasteiger partial charge in [0.05, 0.1) is 0 Å². The number of rotatable bonds is 20. The molecule has 0 nitrogen and oxygen atoms in total. The van der Waals surface area contributed by atoms with Gasteiger partial charge in [0.25, 0.3) is 0 Å². The van der Waals surface area contributed by atoms with Crippen molar-refractivity contribution in [3.63, 3.8) is 0 Å². The number of unbranched alkanes of at least 4 members (excludes halogenated alkanes) is 12. The van der Waals surface area contributed by atoms with Crippen molar-refractivity contribution in [2.75, 3.05) is 0 Å². The molecule has 8 unspecified atom stereocenters. The van der Waals surface area contributed by atoms with E-state index in [1.165, 1.54) is 180 Å². The number of hydrogen-bond donors (Lipinski definition) is 0. The fraction of sp³-hybridized carbons (Fsp3) is 0.444. The quantitative estimate of drug-likeness (QED) is 0.0527. The van der Waals surface area contributed by atoms with Crippen molar-refractivity contribution in [2.45, 2.75) is 199 Å². The molecule has 0 spiro atoms. The topological polar surface area (TPSA) is 0 Å². The lowest BCUT2D eigenvalue weighted by atomic mass is 9.69. The normalized spacial score (nSPS) is 22.7. The van der Waals surface area contributed by atoms with Gasteiger partial charge < -0.3 is 0 Å². The van der Waals surface area contributed by atoms with E-state index < -0.39 is 0 Å². The third kappa shape index (κ3) is 6.81. The summed E-state index contributed by atoms with van der Waals surface area (Å²) in [6.07, 6.45) is 24.8. The van der Waals surface area contributed by atoms with Crippen molar-refractivity contribution in [3.05, 3.63) is 140 Å². The Morgan fingerprint density at radius 3 is 0.737 bits per heavy atom. The number of benzene rings is 8. The predicted molar refractivity (Wildman–Crippen MR) is 341 cm³/mol. The summed E-state index contributed by atoms with van der Waals surface area (Å²) >= 11 is 19.0. The summed E-state index contributed by atoms with van der Waals surface area (Å²) in [6, 6.07) is 31.7. The maximum Gasteiger partial charge on any atom is 0.0476 e. The van der Waals surface area contributed by atoms with E-state index in [0.717, 1.165) is 25.7 Å². The Labute approximate surface area is 485 Å². The summed E-state index contributed by atoms with van der Waals surface area (Å²) in [5.41, 5.74) is 30.9. The van der Waals surface area contributed by atoms with E-state index in [1.807, 2.05) is 0 Å². The zero-order valence-corrected chi connectivity index (χ0v) is 51.5. The van der Waals surface area contributed by atoms with E-state index in [1.54, 1.807) is 77.5 Å². The van der Waals surface area contributed by atoms with Gasteiger partial charge in [-0.3, -0.25) is 0 Å². The van der Waals surface area contributed by atoms with Crippen molar-refractivity contribution in [1.29, 1.82) is 0 Å². The number of hydrogen-bond acceptors (Lipinski definition) is 0. The molecule has 0 aromatic heterocycles. The zero-order valence-electron chi connectivity index (χ0n) is 45.2. The lowest BCUT2D eigenvalue weighted by molar-refractivity contribution is 0.509. The van der Waals surface area contributed by atoms with Gasteiger partial charge in [0, 0.05) is 43.0 Å². The van der Waals surface area contributed by atoms with Crippen LogP contribution in [0, 0.1) is 0 Å². The van der Waals surface area contributed by atoms with Crippen molar-refractivity contribution >= 4 is 107 Å². The molecule has 0 radical (unpaired) electrons. The van der Waals surface area contributed by atoms with Gasteiger partial charge in [-0.1, -0.05) is 217 Å². The van der Waals surface area contributed by atoms with Crippen LogP contribution in [-0.2, 0) is 25.7 Å². The van der Waals surface area contributed by atoms with Crippen LogP contribution < -0.4 is 0 Å². The minimum atomic E-state index is 0.214. The summed E-state index contributed by atoms with van der Waals surface area (Å²) in [5, 5.41) is 12.3. The molecule has 0 saturated carbocycles. The van der Waals surface area contributed by atoms with Crippen LogP contribution in [0.5, 0.6) is 0 Å². The minimum absolute atomic E-state index is 0.214. The van der Waals surface area contributed by atoms with Crippen molar-refractivity contribution in [1.82, 2.24) is 0 Å². The van der Waals surface area contributed by atoms with Gasteiger partial charge in [0.1, 0.15) is 0 Å². The molecule has 0 bridgehead atoms. The Kier molecular flexibility index (Phi) is 12.6. The summed E-state index contributed by atoms with van der Waals surface area (Å²) in [4.78, 5) is 0.857. The highest BCUT2D eigenvalue weighted by molar-refractivity contribution is 9.10. The molecule has 0 N–H and O–H groups in total. The maximum absolute atomic E-state index is 4.75. The molecular formula is C72H72Br4. The van der Waals surface area contributed by atoms with Gasteiger partial charge in [-0.2, -0.15) is 0 Å². The molecule has 0 amide bonds. The van der Waals surface area contributed by atoms with E-state index in [2.05, 4.69) is 100 Å². The molecule has 0 aliphatic heterocycles. The van der Waals surface area contributed by atoms with Crippen LogP contribution in [-0.4, -0.2) is 0 Å². The molecule has 6 aliphatic rings. The Balaban J connectivity index is 1.07. The predicted octanol–water partition coefficient (Wildman–Crippen LogP) is 23.9. The number of halogens is 4. The van der Waals surface area contributed by atoms with Crippen molar-refractivity contribution in [3.8, 4) is 44.5 Å². The highest BCUT2D eigenvalue weighted by Crippen LogP contribution is 2.71. The summed E-state index contributed by atoms with van der Waals surface area (Å²) in [6.45, 7) is 9.45. The van der Waals surface area contributed by atoms with Crippen molar-refractivity contribution < 1.29 is 0 Å². The van der Waals surface area contributed by atoms with E-state index in [0.29, 0.717) is 23.7 Å². The number of aryl methyl sites for hydroxylation is 4. The zero-order chi connectivity index (χ0) is 51.4. The van der Waals surface area contributed by atoms with Gasteiger partial charge >= 0.3 is 0 Å².